The summed E-state index contributed by atoms with van der Waals surface area (Å²) in [6.07, 6.45) is 0. The van der Waals surface area contributed by atoms with Crippen LogP contribution in [0.15, 0.2) is 36.4 Å². The SMILES string of the molecule is OCc1cc(Cl)nc(-c2ccccc2F)c1. The Morgan fingerprint density at radius 3 is 2.69 bits per heavy atom. The molecule has 2 rings (SSSR count). The number of aliphatic hydroxyl groups excluding tert-OH is 1. The van der Waals surface area contributed by atoms with Crippen molar-refractivity contribution in [2.45, 2.75) is 6.61 Å². The van der Waals surface area contributed by atoms with Crippen LogP contribution < -0.4 is 0 Å². The number of rotatable bonds is 2. The second kappa shape index (κ2) is 4.60. The molecule has 2 nitrogen and oxygen atoms in total. The van der Waals surface area contributed by atoms with Crippen LogP contribution in [0.5, 0.6) is 0 Å². The summed E-state index contributed by atoms with van der Waals surface area (Å²) in [5.41, 5.74) is 1.41. The number of hydrogen-bond acceptors (Lipinski definition) is 2. The van der Waals surface area contributed by atoms with E-state index in [0.717, 1.165) is 0 Å². The third-order valence-electron chi connectivity index (χ3n) is 2.19. The van der Waals surface area contributed by atoms with E-state index < -0.39 is 0 Å². The van der Waals surface area contributed by atoms with Crippen molar-refractivity contribution in [2.75, 3.05) is 0 Å². The van der Waals surface area contributed by atoms with Crippen molar-refractivity contribution in [3.8, 4) is 11.3 Å². The molecular weight excluding hydrogens is 229 g/mol. The number of aromatic nitrogens is 1. The average molecular weight is 238 g/mol. The smallest absolute Gasteiger partial charge is 0.132 e. The standard InChI is InChI=1S/C12H9ClFNO/c13-12-6-8(7-16)5-11(15-12)9-3-1-2-4-10(9)14/h1-6,16H,7H2. The van der Waals surface area contributed by atoms with Crippen molar-refractivity contribution in [3.05, 3.63) is 52.9 Å². The lowest BCUT2D eigenvalue weighted by atomic mass is 10.1. The van der Waals surface area contributed by atoms with Crippen molar-refractivity contribution in [1.29, 1.82) is 0 Å². The molecule has 0 saturated carbocycles. The maximum atomic E-state index is 13.5. The van der Waals surface area contributed by atoms with Gasteiger partial charge in [-0.1, -0.05) is 23.7 Å². The van der Waals surface area contributed by atoms with Gasteiger partial charge in [0.15, 0.2) is 0 Å². The zero-order valence-corrected chi connectivity index (χ0v) is 9.08. The Hall–Kier alpha value is -1.45. The molecule has 2 aromatic rings. The lowest BCUT2D eigenvalue weighted by Crippen LogP contribution is -1.92. The number of aliphatic hydroxyl groups is 1. The van der Waals surface area contributed by atoms with Gasteiger partial charge in [-0.15, -0.1) is 0 Å². The minimum Gasteiger partial charge on any atom is -0.392 e. The molecule has 0 fully saturated rings. The van der Waals surface area contributed by atoms with E-state index in [4.69, 9.17) is 16.7 Å². The highest BCUT2D eigenvalue weighted by molar-refractivity contribution is 6.29. The fourth-order valence-corrected chi connectivity index (χ4v) is 1.68. The Morgan fingerprint density at radius 1 is 1.25 bits per heavy atom. The summed E-state index contributed by atoms with van der Waals surface area (Å²) in [6.45, 7) is -0.149. The third kappa shape index (κ3) is 2.21. The molecule has 0 radical (unpaired) electrons. The predicted molar refractivity (Wildman–Crippen MR) is 60.6 cm³/mol. The van der Waals surface area contributed by atoms with Crippen molar-refractivity contribution in [1.82, 2.24) is 4.98 Å². The van der Waals surface area contributed by atoms with Crippen LogP contribution in [0.2, 0.25) is 5.15 Å². The van der Waals surface area contributed by atoms with Crippen molar-refractivity contribution >= 4 is 11.6 Å². The maximum absolute atomic E-state index is 13.5. The number of hydrogen-bond donors (Lipinski definition) is 1. The van der Waals surface area contributed by atoms with E-state index in [0.29, 0.717) is 16.8 Å². The van der Waals surface area contributed by atoms with Gasteiger partial charge >= 0.3 is 0 Å². The summed E-state index contributed by atoms with van der Waals surface area (Å²) in [5.74, 6) is -0.360. The van der Waals surface area contributed by atoms with Gasteiger partial charge in [0.05, 0.1) is 12.3 Å². The molecule has 1 aromatic carbocycles. The van der Waals surface area contributed by atoms with Gasteiger partial charge in [-0.05, 0) is 29.8 Å². The highest BCUT2D eigenvalue weighted by Crippen LogP contribution is 2.23. The Kier molecular flexibility index (Phi) is 3.17. The van der Waals surface area contributed by atoms with Gasteiger partial charge in [-0.3, -0.25) is 0 Å². The monoisotopic (exact) mass is 237 g/mol. The topological polar surface area (TPSA) is 33.1 Å². The molecule has 0 atom stereocenters. The number of halogens is 2. The summed E-state index contributed by atoms with van der Waals surface area (Å²) < 4.78 is 13.5. The molecule has 4 heteroatoms. The highest BCUT2D eigenvalue weighted by atomic mass is 35.5. The average Bonchev–Trinajstić information content (AvgIpc) is 2.28. The molecule has 0 aliphatic rings. The quantitative estimate of drug-likeness (QED) is 0.815. The number of pyridine rings is 1. The molecule has 16 heavy (non-hydrogen) atoms. The lowest BCUT2D eigenvalue weighted by molar-refractivity contribution is 0.282. The molecule has 0 unspecified atom stereocenters. The normalized spacial score (nSPS) is 10.4. The first-order valence-electron chi connectivity index (χ1n) is 4.73. The van der Waals surface area contributed by atoms with Crippen LogP contribution in [0, 0.1) is 5.82 Å². The van der Waals surface area contributed by atoms with Gasteiger partial charge in [0.25, 0.3) is 0 Å². The van der Waals surface area contributed by atoms with E-state index in [1.807, 2.05) is 0 Å². The molecule has 0 amide bonds. The van der Waals surface area contributed by atoms with E-state index >= 15 is 0 Å². The summed E-state index contributed by atoms with van der Waals surface area (Å²) in [6, 6.07) is 9.47. The van der Waals surface area contributed by atoms with E-state index in [9.17, 15) is 4.39 Å². The second-order valence-electron chi connectivity index (χ2n) is 3.32. The molecule has 1 heterocycles. The molecule has 0 bridgehead atoms. The van der Waals surface area contributed by atoms with Crippen molar-refractivity contribution in [2.24, 2.45) is 0 Å². The van der Waals surface area contributed by atoms with Gasteiger partial charge in [0.1, 0.15) is 11.0 Å². The largest absolute Gasteiger partial charge is 0.392 e. The van der Waals surface area contributed by atoms with E-state index in [-0.39, 0.29) is 17.6 Å². The van der Waals surface area contributed by atoms with Gasteiger partial charge in [0, 0.05) is 5.56 Å². The van der Waals surface area contributed by atoms with Crippen LogP contribution in [-0.2, 0) is 6.61 Å². The van der Waals surface area contributed by atoms with Crippen LogP contribution in [0.1, 0.15) is 5.56 Å². The minimum absolute atomic E-state index is 0.149. The molecule has 0 aliphatic heterocycles. The number of benzene rings is 1. The van der Waals surface area contributed by atoms with Crippen LogP contribution in [-0.4, -0.2) is 10.1 Å². The van der Waals surface area contributed by atoms with Gasteiger partial charge < -0.3 is 5.11 Å². The summed E-state index contributed by atoms with van der Waals surface area (Å²) in [5, 5.41) is 9.26. The molecular formula is C12H9ClFNO. The van der Waals surface area contributed by atoms with Gasteiger partial charge in [0.2, 0.25) is 0 Å². The fraction of sp³-hybridized carbons (Fsp3) is 0.0833. The summed E-state index contributed by atoms with van der Waals surface area (Å²) in [7, 11) is 0. The van der Waals surface area contributed by atoms with Crippen molar-refractivity contribution in [3.63, 3.8) is 0 Å². The van der Waals surface area contributed by atoms with E-state index in [1.165, 1.54) is 6.07 Å². The highest BCUT2D eigenvalue weighted by Gasteiger charge is 2.07. The van der Waals surface area contributed by atoms with E-state index in [2.05, 4.69) is 4.98 Å². The maximum Gasteiger partial charge on any atom is 0.132 e. The molecule has 0 saturated heterocycles. The predicted octanol–water partition coefficient (Wildman–Crippen LogP) is 3.03. The van der Waals surface area contributed by atoms with E-state index in [1.54, 1.807) is 30.3 Å². The first-order chi connectivity index (χ1) is 7.70. The fourth-order valence-electron chi connectivity index (χ4n) is 1.45. The third-order valence-corrected chi connectivity index (χ3v) is 2.38. The zero-order valence-electron chi connectivity index (χ0n) is 8.32. The molecule has 82 valence electrons. The zero-order chi connectivity index (χ0) is 11.5. The Labute approximate surface area is 97.3 Å². The van der Waals surface area contributed by atoms with Crippen LogP contribution in [0.4, 0.5) is 4.39 Å². The first-order valence-corrected chi connectivity index (χ1v) is 5.10. The summed E-state index contributed by atoms with van der Waals surface area (Å²) >= 11 is 5.79. The van der Waals surface area contributed by atoms with Crippen LogP contribution >= 0.6 is 11.6 Å². The Morgan fingerprint density at radius 2 is 2.00 bits per heavy atom. The van der Waals surface area contributed by atoms with Crippen LogP contribution in [0.3, 0.4) is 0 Å². The van der Waals surface area contributed by atoms with Crippen LogP contribution in [0.25, 0.3) is 11.3 Å². The first kappa shape index (κ1) is 11.0. The lowest BCUT2D eigenvalue weighted by Gasteiger charge is -2.05. The second-order valence-corrected chi connectivity index (χ2v) is 3.71. The number of nitrogens with zero attached hydrogens (tertiary/aromatic N) is 1. The summed E-state index contributed by atoms with van der Waals surface area (Å²) in [4.78, 5) is 4.03. The minimum atomic E-state index is -0.360. The van der Waals surface area contributed by atoms with Gasteiger partial charge in [-0.25, -0.2) is 9.37 Å². The Bertz CT molecular complexity index is 516. The molecule has 0 aliphatic carbocycles. The van der Waals surface area contributed by atoms with Crippen molar-refractivity contribution < 1.29 is 9.50 Å². The molecule has 1 N–H and O–H groups in total. The molecule has 1 aromatic heterocycles. The Balaban J connectivity index is 2.56. The molecule has 0 spiro atoms. The van der Waals surface area contributed by atoms with Gasteiger partial charge in [-0.2, -0.15) is 0 Å².